The molecule has 0 amide bonds. The van der Waals surface area contributed by atoms with Crippen molar-refractivity contribution in [2.45, 2.75) is 44.4 Å². The average molecular weight is 365 g/mol. The van der Waals surface area contributed by atoms with Crippen molar-refractivity contribution in [1.82, 2.24) is 10.6 Å². The van der Waals surface area contributed by atoms with Crippen LogP contribution in [0.25, 0.3) is 0 Å². The zero-order chi connectivity index (χ0) is 18.3. The molecule has 0 spiro atoms. The van der Waals surface area contributed by atoms with Crippen molar-refractivity contribution >= 4 is 22.4 Å². The highest BCUT2D eigenvalue weighted by atomic mass is 32.2. The minimum atomic E-state index is -0.840. The molecule has 0 radical (unpaired) electrons. The van der Waals surface area contributed by atoms with E-state index < -0.39 is 10.8 Å². The third-order valence-electron chi connectivity index (χ3n) is 4.44. The summed E-state index contributed by atoms with van der Waals surface area (Å²) >= 11 is 0. The summed E-state index contributed by atoms with van der Waals surface area (Å²) in [4.78, 5) is 6.73. The number of rotatable bonds is 5. The second kappa shape index (κ2) is 9.22. The van der Waals surface area contributed by atoms with Crippen molar-refractivity contribution in [2.24, 2.45) is 4.99 Å². The molecule has 1 aromatic rings. The molecule has 2 N–H and O–H groups in total. The Morgan fingerprint density at radius 1 is 1.24 bits per heavy atom. The van der Waals surface area contributed by atoms with Crippen LogP contribution in [0.5, 0.6) is 0 Å². The number of anilines is 1. The lowest BCUT2D eigenvalue weighted by molar-refractivity contribution is 0.462. The summed E-state index contributed by atoms with van der Waals surface area (Å²) in [5, 5.41) is 6.80. The maximum absolute atomic E-state index is 12.1. The van der Waals surface area contributed by atoms with E-state index in [1.807, 2.05) is 20.8 Å². The van der Waals surface area contributed by atoms with Crippen molar-refractivity contribution in [3.63, 3.8) is 0 Å². The maximum atomic E-state index is 12.1. The molecular formula is C19H32N4OS. The number of nitrogens with zero attached hydrogens (tertiary/aromatic N) is 2. The number of aliphatic imine (C=N–C) groups is 1. The van der Waals surface area contributed by atoms with Crippen molar-refractivity contribution in [3.8, 4) is 0 Å². The van der Waals surface area contributed by atoms with Crippen LogP contribution in [0.1, 0.15) is 33.6 Å². The monoisotopic (exact) mass is 364 g/mol. The van der Waals surface area contributed by atoms with Gasteiger partial charge >= 0.3 is 0 Å². The Morgan fingerprint density at radius 2 is 1.88 bits per heavy atom. The van der Waals surface area contributed by atoms with Gasteiger partial charge in [0.15, 0.2) is 5.96 Å². The fraction of sp³-hybridized carbons (Fsp3) is 0.632. The molecule has 0 aromatic heterocycles. The Labute approximate surface area is 154 Å². The second-order valence-corrected chi connectivity index (χ2v) is 9.73. The Morgan fingerprint density at radius 3 is 2.44 bits per heavy atom. The summed E-state index contributed by atoms with van der Waals surface area (Å²) in [6.45, 7) is 8.80. The minimum absolute atomic E-state index is 0.164. The Kier molecular flexibility index (Phi) is 7.29. The van der Waals surface area contributed by atoms with Crippen LogP contribution in [0.3, 0.4) is 0 Å². The topological polar surface area (TPSA) is 56.7 Å². The van der Waals surface area contributed by atoms with Crippen molar-refractivity contribution in [1.29, 1.82) is 0 Å². The number of para-hydroxylation sites is 1. The number of piperidine rings is 1. The number of benzene rings is 1. The van der Waals surface area contributed by atoms with Crippen LogP contribution in [0.4, 0.5) is 5.69 Å². The first-order valence-corrected chi connectivity index (χ1v) is 10.4. The third-order valence-corrected chi connectivity index (χ3v) is 6.38. The van der Waals surface area contributed by atoms with Gasteiger partial charge in [-0.1, -0.05) is 18.2 Å². The minimum Gasteiger partial charge on any atom is -0.371 e. The predicted molar refractivity (Wildman–Crippen MR) is 109 cm³/mol. The van der Waals surface area contributed by atoms with Crippen molar-refractivity contribution in [2.75, 3.05) is 37.3 Å². The van der Waals surface area contributed by atoms with Gasteiger partial charge in [0.2, 0.25) is 0 Å². The molecule has 1 fully saturated rings. The molecule has 1 atom stereocenters. The van der Waals surface area contributed by atoms with E-state index in [2.05, 4.69) is 50.9 Å². The Bertz CT molecular complexity index is 575. The van der Waals surface area contributed by atoms with E-state index >= 15 is 0 Å². The first-order valence-electron chi connectivity index (χ1n) is 9.06. The highest BCUT2D eigenvalue weighted by Gasteiger charge is 2.21. The van der Waals surface area contributed by atoms with Crippen LogP contribution in [-0.2, 0) is 10.8 Å². The third kappa shape index (κ3) is 6.34. The highest BCUT2D eigenvalue weighted by Crippen LogP contribution is 2.19. The van der Waals surface area contributed by atoms with E-state index in [9.17, 15) is 4.21 Å². The van der Waals surface area contributed by atoms with Crippen LogP contribution in [0.15, 0.2) is 35.3 Å². The van der Waals surface area contributed by atoms with E-state index in [0.29, 0.717) is 18.3 Å². The molecule has 1 heterocycles. The van der Waals surface area contributed by atoms with Gasteiger partial charge in [0.1, 0.15) is 0 Å². The molecule has 6 heteroatoms. The Balaban J connectivity index is 1.73. The maximum Gasteiger partial charge on any atom is 0.191 e. The summed E-state index contributed by atoms with van der Waals surface area (Å²) in [7, 11) is 0.947. The van der Waals surface area contributed by atoms with Crippen LogP contribution in [0, 0.1) is 0 Å². The lowest BCUT2D eigenvalue weighted by atomic mass is 10.0. The first kappa shape index (κ1) is 19.8. The number of hydrogen-bond donors (Lipinski definition) is 2. The SMILES string of the molecule is CN=C(NCCS(=O)C(C)(C)C)NC1CCN(c2ccccc2)CC1. The lowest BCUT2D eigenvalue weighted by Gasteiger charge is -2.34. The number of guanidine groups is 1. The normalized spacial score (nSPS) is 18.1. The van der Waals surface area contributed by atoms with E-state index in [1.165, 1.54) is 5.69 Å². The number of hydrogen-bond acceptors (Lipinski definition) is 3. The molecule has 0 aliphatic carbocycles. The van der Waals surface area contributed by atoms with Crippen molar-refractivity contribution < 1.29 is 4.21 Å². The zero-order valence-corrected chi connectivity index (χ0v) is 16.7. The standard InChI is InChI=1S/C19H32N4OS/c1-19(2,3)25(24)15-12-21-18(20-4)22-16-10-13-23(14-11-16)17-8-6-5-7-9-17/h5-9,16H,10-15H2,1-4H3,(H2,20,21,22). The van der Waals surface area contributed by atoms with Crippen LogP contribution in [-0.4, -0.2) is 53.4 Å². The van der Waals surface area contributed by atoms with Crippen LogP contribution < -0.4 is 15.5 Å². The molecule has 1 aliphatic heterocycles. The van der Waals surface area contributed by atoms with E-state index in [4.69, 9.17) is 0 Å². The molecule has 1 aromatic carbocycles. The molecule has 140 valence electrons. The summed E-state index contributed by atoms with van der Waals surface area (Å²) in [6, 6.07) is 11.0. The summed E-state index contributed by atoms with van der Waals surface area (Å²) < 4.78 is 11.9. The molecule has 0 bridgehead atoms. The van der Waals surface area contributed by atoms with Gasteiger partial charge in [0, 0.05) is 59.7 Å². The lowest BCUT2D eigenvalue weighted by Crippen LogP contribution is -2.49. The van der Waals surface area contributed by atoms with Crippen LogP contribution >= 0.6 is 0 Å². The quantitative estimate of drug-likeness (QED) is 0.622. The molecule has 0 saturated carbocycles. The fourth-order valence-corrected chi connectivity index (χ4v) is 3.78. The van der Waals surface area contributed by atoms with Gasteiger partial charge in [-0.05, 0) is 45.7 Å². The predicted octanol–water partition coefficient (Wildman–Crippen LogP) is 2.37. The molecule has 2 rings (SSSR count). The summed E-state index contributed by atoms with van der Waals surface area (Å²) in [6.07, 6.45) is 2.17. The molecule has 1 aliphatic rings. The molecule has 25 heavy (non-hydrogen) atoms. The summed E-state index contributed by atoms with van der Waals surface area (Å²) in [5.41, 5.74) is 1.30. The van der Waals surface area contributed by atoms with Gasteiger partial charge in [0.05, 0.1) is 0 Å². The van der Waals surface area contributed by atoms with Crippen molar-refractivity contribution in [3.05, 3.63) is 30.3 Å². The smallest absolute Gasteiger partial charge is 0.191 e. The van der Waals surface area contributed by atoms with Gasteiger partial charge in [-0.3, -0.25) is 9.20 Å². The van der Waals surface area contributed by atoms with Gasteiger partial charge in [-0.15, -0.1) is 0 Å². The first-order chi connectivity index (χ1) is 11.9. The van der Waals surface area contributed by atoms with Gasteiger partial charge in [-0.25, -0.2) is 0 Å². The zero-order valence-electron chi connectivity index (χ0n) is 15.9. The Hall–Kier alpha value is -1.56. The van der Waals surface area contributed by atoms with E-state index in [-0.39, 0.29) is 4.75 Å². The van der Waals surface area contributed by atoms with Crippen LogP contribution in [0.2, 0.25) is 0 Å². The molecule has 1 saturated heterocycles. The summed E-state index contributed by atoms with van der Waals surface area (Å²) in [5.74, 6) is 1.44. The average Bonchev–Trinajstić information content (AvgIpc) is 2.61. The van der Waals surface area contributed by atoms with Gasteiger partial charge in [0.25, 0.3) is 0 Å². The fourth-order valence-electron chi connectivity index (χ4n) is 2.88. The van der Waals surface area contributed by atoms with Gasteiger partial charge in [-0.2, -0.15) is 0 Å². The molecule has 5 nitrogen and oxygen atoms in total. The molecule has 1 unspecified atom stereocenters. The van der Waals surface area contributed by atoms with E-state index in [1.54, 1.807) is 7.05 Å². The number of nitrogens with one attached hydrogen (secondary N) is 2. The molecular weight excluding hydrogens is 332 g/mol. The highest BCUT2D eigenvalue weighted by molar-refractivity contribution is 7.86. The van der Waals surface area contributed by atoms with E-state index in [0.717, 1.165) is 31.9 Å². The largest absolute Gasteiger partial charge is 0.371 e. The second-order valence-electron chi connectivity index (χ2n) is 7.40. The van der Waals surface area contributed by atoms with Gasteiger partial charge < -0.3 is 15.5 Å².